The molecule has 0 spiro atoms. The Hall–Kier alpha value is -0.840. The summed E-state index contributed by atoms with van der Waals surface area (Å²) in [7, 11) is 0. The highest BCUT2D eigenvalue weighted by atomic mass is 79.9. The van der Waals surface area contributed by atoms with Gasteiger partial charge in [-0.2, -0.15) is 0 Å². The van der Waals surface area contributed by atoms with Crippen molar-refractivity contribution >= 4 is 27.7 Å². The van der Waals surface area contributed by atoms with Gasteiger partial charge in [0.25, 0.3) is 0 Å². The van der Waals surface area contributed by atoms with Crippen molar-refractivity contribution < 1.29 is 0 Å². The average molecular weight is 309 g/mol. The Morgan fingerprint density at radius 1 is 1.29 bits per heavy atom. The zero-order valence-electron chi connectivity index (χ0n) is 9.43. The molecule has 88 valence electrons. The molecule has 1 aromatic carbocycles. The van der Waals surface area contributed by atoms with Crippen LogP contribution in [-0.4, -0.2) is 4.98 Å². The minimum Gasteiger partial charge on any atom is -0.324 e. The molecule has 2 aromatic rings. The van der Waals surface area contributed by atoms with Crippen molar-refractivity contribution in [3.8, 4) is 0 Å². The van der Waals surface area contributed by atoms with Crippen LogP contribution in [0.1, 0.15) is 18.5 Å². The molecule has 1 heterocycles. The molecule has 0 aliphatic heterocycles. The third-order valence-electron chi connectivity index (χ3n) is 2.30. The maximum Gasteiger partial charge on any atom is 0.101 e. The van der Waals surface area contributed by atoms with Gasteiger partial charge in [0.1, 0.15) is 5.03 Å². The minimum absolute atomic E-state index is 0.0415. The Bertz CT molecular complexity index is 514. The van der Waals surface area contributed by atoms with Gasteiger partial charge in [0.2, 0.25) is 0 Å². The number of hydrogen-bond acceptors (Lipinski definition) is 3. The number of halogens is 1. The van der Waals surface area contributed by atoms with Crippen LogP contribution in [-0.2, 0) is 0 Å². The van der Waals surface area contributed by atoms with E-state index in [1.165, 1.54) is 0 Å². The van der Waals surface area contributed by atoms with Gasteiger partial charge in [-0.05, 0) is 42.8 Å². The predicted molar refractivity (Wildman–Crippen MR) is 75.1 cm³/mol. The molecule has 17 heavy (non-hydrogen) atoms. The van der Waals surface area contributed by atoms with Crippen LogP contribution in [0.5, 0.6) is 0 Å². The number of hydrogen-bond donors (Lipinski definition) is 1. The van der Waals surface area contributed by atoms with Crippen LogP contribution in [0.4, 0.5) is 0 Å². The fourth-order valence-corrected chi connectivity index (χ4v) is 2.85. The lowest BCUT2D eigenvalue weighted by Crippen LogP contribution is -2.04. The van der Waals surface area contributed by atoms with Gasteiger partial charge < -0.3 is 5.73 Å². The number of nitrogens with zero attached hydrogens (tertiary/aromatic N) is 1. The van der Waals surface area contributed by atoms with Crippen molar-refractivity contribution in [2.24, 2.45) is 5.73 Å². The monoisotopic (exact) mass is 308 g/mol. The van der Waals surface area contributed by atoms with Crippen LogP contribution in [0.3, 0.4) is 0 Å². The molecule has 0 saturated carbocycles. The molecule has 2 N–H and O–H groups in total. The Morgan fingerprint density at radius 3 is 2.82 bits per heavy atom. The molecule has 4 heteroatoms. The second kappa shape index (κ2) is 5.67. The van der Waals surface area contributed by atoms with E-state index in [1.807, 2.05) is 31.2 Å². The first-order chi connectivity index (χ1) is 8.15. The summed E-state index contributed by atoms with van der Waals surface area (Å²) in [4.78, 5) is 5.50. The summed E-state index contributed by atoms with van der Waals surface area (Å²) >= 11 is 5.10. The van der Waals surface area contributed by atoms with Crippen LogP contribution in [0.2, 0.25) is 0 Å². The lowest BCUT2D eigenvalue weighted by atomic mass is 10.1. The van der Waals surface area contributed by atoms with E-state index in [2.05, 4.69) is 33.0 Å². The van der Waals surface area contributed by atoms with Gasteiger partial charge in [-0.25, -0.2) is 4.98 Å². The van der Waals surface area contributed by atoms with Crippen molar-refractivity contribution in [2.45, 2.75) is 22.9 Å². The fourth-order valence-electron chi connectivity index (χ4n) is 1.42. The second-order valence-electron chi connectivity index (χ2n) is 3.78. The molecule has 0 bridgehead atoms. The fraction of sp³-hybridized carbons (Fsp3) is 0.154. The molecule has 1 atom stereocenters. The quantitative estimate of drug-likeness (QED) is 0.931. The van der Waals surface area contributed by atoms with Crippen molar-refractivity contribution in [1.29, 1.82) is 0 Å². The van der Waals surface area contributed by atoms with Crippen molar-refractivity contribution in [3.63, 3.8) is 0 Å². The van der Waals surface area contributed by atoms with Gasteiger partial charge in [0.15, 0.2) is 0 Å². The van der Waals surface area contributed by atoms with Gasteiger partial charge in [-0.3, -0.25) is 0 Å². The predicted octanol–water partition coefficient (Wildman–Crippen LogP) is 4.02. The molecule has 2 rings (SSSR count). The molecule has 0 fully saturated rings. The van der Waals surface area contributed by atoms with E-state index in [-0.39, 0.29) is 6.04 Å². The lowest BCUT2D eigenvalue weighted by Gasteiger charge is -2.07. The van der Waals surface area contributed by atoms with E-state index >= 15 is 0 Å². The maximum absolute atomic E-state index is 5.86. The maximum atomic E-state index is 5.86. The topological polar surface area (TPSA) is 38.9 Å². The van der Waals surface area contributed by atoms with Gasteiger partial charge in [-0.15, -0.1) is 0 Å². The first-order valence-corrected chi connectivity index (χ1v) is 6.91. The van der Waals surface area contributed by atoms with Crippen LogP contribution >= 0.6 is 27.7 Å². The van der Waals surface area contributed by atoms with E-state index in [9.17, 15) is 0 Å². The largest absolute Gasteiger partial charge is 0.324 e. The van der Waals surface area contributed by atoms with Gasteiger partial charge in [0.05, 0.1) is 0 Å². The highest BCUT2D eigenvalue weighted by Crippen LogP contribution is 2.29. The van der Waals surface area contributed by atoms with Crippen molar-refractivity contribution in [3.05, 3.63) is 52.6 Å². The van der Waals surface area contributed by atoms with Crippen molar-refractivity contribution in [1.82, 2.24) is 4.98 Å². The number of nitrogens with two attached hydrogens (primary N) is 1. The van der Waals surface area contributed by atoms with Gasteiger partial charge in [0, 0.05) is 21.6 Å². The zero-order valence-corrected chi connectivity index (χ0v) is 11.8. The Balaban J connectivity index is 2.21. The summed E-state index contributed by atoms with van der Waals surface area (Å²) in [5.74, 6) is 0. The van der Waals surface area contributed by atoms with Gasteiger partial charge in [-0.1, -0.05) is 33.8 Å². The molecule has 0 aliphatic carbocycles. The van der Waals surface area contributed by atoms with E-state index in [4.69, 9.17) is 5.73 Å². The first kappa shape index (κ1) is 12.6. The molecule has 0 aliphatic rings. The summed E-state index contributed by atoms with van der Waals surface area (Å²) in [5.41, 5.74) is 6.96. The van der Waals surface area contributed by atoms with Crippen molar-refractivity contribution in [2.75, 3.05) is 0 Å². The molecule has 2 nitrogen and oxygen atoms in total. The number of benzene rings is 1. The number of pyridine rings is 1. The molecular formula is C13H13BrN2S. The Morgan fingerprint density at radius 2 is 2.12 bits per heavy atom. The van der Waals surface area contributed by atoms with E-state index in [0.29, 0.717) is 0 Å². The molecule has 0 amide bonds. The average Bonchev–Trinajstić information content (AvgIpc) is 2.29. The smallest absolute Gasteiger partial charge is 0.101 e. The van der Waals surface area contributed by atoms with Crippen LogP contribution < -0.4 is 5.73 Å². The highest BCUT2D eigenvalue weighted by Gasteiger charge is 2.03. The minimum atomic E-state index is 0.0415. The number of rotatable bonds is 3. The van der Waals surface area contributed by atoms with Crippen LogP contribution in [0.15, 0.2) is 57.0 Å². The highest BCUT2D eigenvalue weighted by molar-refractivity contribution is 9.10. The molecular weight excluding hydrogens is 296 g/mol. The van der Waals surface area contributed by atoms with Gasteiger partial charge >= 0.3 is 0 Å². The summed E-state index contributed by atoms with van der Waals surface area (Å²) in [6, 6.07) is 12.2. The Kier molecular flexibility index (Phi) is 4.20. The summed E-state index contributed by atoms with van der Waals surface area (Å²) in [6.45, 7) is 1.98. The SMILES string of the molecule is C[C@H](N)c1ccnc(Sc2cccc(Br)c2)c1. The van der Waals surface area contributed by atoms with Crippen LogP contribution in [0.25, 0.3) is 0 Å². The summed E-state index contributed by atoms with van der Waals surface area (Å²) in [6.07, 6.45) is 1.80. The summed E-state index contributed by atoms with van der Waals surface area (Å²) < 4.78 is 1.07. The molecule has 0 saturated heterocycles. The molecule has 0 unspecified atom stereocenters. The normalized spacial score (nSPS) is 12.4. The number of aromatic nitrogens is 1. The van der Waals surface area contributed by atoms with E-state index < -0.39 is 0 Å². The van der Waals surface area contributed by atoms with E-state index in [0.717, 1.165) is 20.0 Å². The third-order valence-corrected chi connectivity index (χ3v) is 3.72. The summed E-state index contributed by atoms with van der Waals surface area (Å²) in [5, 5.41) is 0.970. The second-order valence-corrected chi connectivity index (χ2v) is 5.79. The third kappa shape index (κ3) is 3.56. The first-order valence-electron chi connectivity index (χ1n) is 5.30. The standard InChI is InChI=1S/C13H13BrN2S/c1-9(15)10-5-6-16-13(7-10)17-12-4-2-3-11(14)8-12/h2-9H,15H2,1H3/t9-/m0/s1. The van der Waals surface area contributed by atoms with Crippen LogP contribution in [0, 0.1) is 0 Å². The van der Waals surface area contributed by atoms with E-state index in [1.54, 1.807) is 18.0 Å². The zero-order chi connectivity index (χ0) is 12.3. The lowest BCUT2D eigenvalue weighted by molar-refractivity contribution is 0.808. The molecule has 1 aromatic heterocycles. The molecule has 0 radical (unpaired) electrons. The Labute approximate surface area is 114 Å².